The van der Waals surface area contributed by atoms with Gasteiger partial charge in [-0.15, -0.1) is 0 Å². The van der Waals surface area contributed by atoms with E-state index in [2.05, 4.69) is 33.0 Å². The standard InChI is InChI=1S/C20H14FIN4O/c21-15-7-1-4-10-18(15)26-20(25-11-5-6-12-25)14(13-23-26)19(27)24-17-9-3-2-8-16(17)22/h1-13H,(H,24,27). The first-order valence-electron chi connectivity index (χ1n) is 8.17. The predicted molar refractivity (Wildman–Crippen MR) is 110 cm³/mol. The fraction of sp³-hybridized carbons (Fsp3) is 0. The molecule has 1 amide bonds. The number of hydrogen-bond acceptors (Lipinski definition) is 2. The van der Waals surface area contributed by atoms with E-state index in [1.54, 1.807) is 35.2 Å². The molecule has 2 aromatic carbocycles. The lowest BCUT2D eigenvalue weighted by Gasteiger charge is -2.12. The highest BCUT2D eigenvalue weighted by molar-refractivity contribution is 14.1. The number of carbonyl (C=O) groups excluding carboxylic acids is 1. The first kappa shape index (κ1) is 17.5. The largest absolute Gasteiger partial charge is 0.321 e. The van der Waals surface area contributed by atoms with Gasteiger partial charge >= 0.3 is 0 Å². The van der Waals surface area contributed by atoms with Crippen molar-refractivity contribution < 1.29 is 9.18 Å². The molecule has 134 valence electrons. The molecule has 0 spiro atoms. The summed E-state index contributed by atoms with van der Waals surface area (Å²) >= 11 is 2.16. The monoisotopic (exact) mass is 472 g/mol. The second-order valence-electron chi connectivity index (χ2n) is 5.77. The van der Waals surface area contributed by atoms with Gasteiger partial charge < -0.3 is 9.88 Å². The van der Waals surface area contributed by atoms with Gasteiger partial charge in [-0.1, -0.05) is 24.3 Å². The molecule has 0 atom stereocenters. The van der Waals surface area contributed by atoms with Gasteiger partial charge in [-0.25, -0.2) is 9.07 Å². The van der Waals surface area contributed by atoms with Crippen molar-refractivity contribution in [2.75, 3.05) is 5.32 Å². The molecule has 4 rings (SSSR count). The van der Waals surface area contributed by atoms with Crippen molar-refractivity contribution >= 4 is 34.2 Å². The number of nitrogens with zero attached hydrogens (tertiary/aromatic N) is 3. The van der Waals surface area contributed by atoms with Crippen molar-refractivity contribution in [2.45, 2.75) is 0 Å². The van der Waals surface area contributed by atoms with Crippen LogP contribution < -0.4 is 5.32 Å². The zero-order chi connectivity index (χ0) is 18.8. The average molecular weight is 472 g/mol. The molecular weight excluding hydrogens is 458 g/mol. The van der Waals surface area contributed by atoms with Crippen molar-refractivity contribution in [2.24, 2.45) is 0 Å². The summed E-state index contributed by atoms with van der Waals surface area (Å²) in [5.41, 5.74) is 1.32. The van der Waals surface area contributed by atoms with E-state index < -0.39 is 5.82 Å². The highest BCUT2D eigenvalue weighted by atomic mass is 127. The molecule has 0 saturated carbocycles. The molecule has 1 N–H and O–H groups in total. The Hall–Kier alpha value is -2.94. The zero-order valence-corrected chi connectivity index (χ0v) is 16.2. The smallest absolute Gasteiger partial charge is 0.261 e. The van der Waals surface area contributed by atoms with Crippen LogP contribution in [-0.4, -0.2) is 20.3 Å². The van der Waals surface area contributed by atoms with E-state index >= 15 is 0 Å². The maximum absolute atomic E-state index is 14.3. The van der Waals surface area contributed by atoms with Crippen molar-refractivity contribution in [3.05, 3.63) is 94.2 Å². The minimum atomic E-state index is -0.418. The molecular formula is C20H14FIN4O. The summed E-state index contributed by atoms with van der Waals surface area (Å²) < 4.78 is 18.4. The Balaban J connectivity index is 1.81. The first-order chi connectivity index (χ1) is 13.1. The van der Waals surface area contributed by atoms with Gasteiger partial charge in [0.05, 0.1) is 11.9 Å². The molecule has 4 aromatic rings. The van der Waals surface area contributed by atoms with Crippen molar-refractivity contribution in [3.8, 4) is 11.5 Å². The van der Waals surface area contributed by atoms with E-state index in [9.17, 15) is 9.18 Å². The van der Waals surface area contributed by atoms with Crippen LogP contribution in [-0.2, 0) is 0 Å². The Morgan fingerprint density at radius 1 is 1.00 bits per heavy atom. The summed E-state index contributed by atoms with van der Waals surface area (Å²) in [4.78, 5) is 12.9. The van der Waals surface area contributed by atoms with Crippen LogP contribution in [0.3, 0.4) is 0 Å². The third kappa shape index (κ3) is 3.37. The van der Waals surface area contributed by atoms with E-state index in [-0.39, 0.29) is 11.6 Å². The Kier molecular flexibility index (Phi) is 4.76. The van der Waals surface area contributed by atoms with E-state index in [1.165, 1.54) is 16.9 Å². The van der Waals surface area contributed by atoms with Crippen LogP contribution in [0.25, 0.3) is 11.5 Å². The van der Waals surface area contributed by atoms with Gasteiger partial charge in [0.15, 0.2) is 5.82 Å². The molecule has 0 saturated heterocycles. The highest BCUT2D eigenvalue weighted by Gasteiger charge is 2.21. The topological polar surface area (TPSA) is 51.9 Å². The lowest BCUT2D eigenvalue weighted by atomic mass is 10.2. The molecule has 0 bridgehead atoms. The Labute approximate surface area is 168 Å². The average Bonchev–Trinajstić information content (AvgIpc) is 3.33. The van der Waals surface area contributed by atoms with Gasteiger partial charge in [0.25, 0.3) is 5.91 Å². The number of carbonyl (C=O) groups is 1. The van der Waals surface area contributed by atoms with Gasteiger partial charge in [-0.3, -0.25) is 4.79 Å². The lowest BCUT2D eigenvalue weighted by Crippen LogP contribution is -2.16. The molecule has 0 radical (unpaired) electrons. The van der Waals surface area contributed by atoms with Crippen molar-refractivity contribution in [3.63, 3.8) is 0 Å². The van der Waals surface area contributed by atoms with Gasteiger partial charge in [-0.05, 0) is 59.0 Å². The second-order valence-corrected chi connectivity index (χ2v) is 6.93. The number of rotatable bonds is 4. The Bertz CT molecular complexity index is 1100. The van der Waals surface area contributed by atoms with Crippen LogP contribution in [0.2, 0.25) is 0 Å². The molecule has 0 aliphatic carbocycles. The summed E-state index contributed by atoms with van der Waals surface area (Å²) in [7, 11) is 0. The number of amides is 1. The summed E-state index contributed by atoms with van der Waals surface area (Å²) in [6.07, 6.45) is 5.03. The Morgan fingerprint density at radius 2 is 1.70 bits per heavy atom. The summed E-state index contributed by atoms with van der Waals surface area (Å²) in [6.45, 7) is 0. The molecule has 0 aliphatic heterocycles. The maximum atomic E-state index is 14.3. The zero-order valence-electron chi connectivity index (χ0n) is 14.0. The molecule has 0 fully saturated rings. The number of nitrogens with one attached hydrogen (secondary N) is 1. The maximum Gasteiger partial charge on any atom is 0.261 e. The van der Waals surface area contributed by atoms with Crippen LogP contribution in [0.15, 0.2) is 79.3 Å². The number of para-hydroxylation sites is 2. The van der Waals surface area contributed by atoms with E-state index in [1.807, 2.05) is 36.4 Å². The summed E-state index contributed by atoms with van der Waals surface area (Å²) in [5.74, 6) is -0.266. The molecule has 2 heterocycles. The predicted octanol–water partition coefficient (Wildman–Crippen LogP) is 4.66. The SMILES string of the molecule is O=C(Nc1ccccc1I)c1cnn(-c2ccccc2F)c1-n1cccc1. The normalized spacial score (nSPS) is 10.7. The molecule has 0 unspecified atom stereocenters. The van der Waals surface area contributed by atoms with E-state index in [0.717, 1.165) is 3.57 Å². The van der Waals surface area contributed by atoms with Gasteiger partial charge in [0.1, 0.15) is 17.1 Å². The fourth-order valence-electron chi connectivity index (χ4n) is 2.78. The van der Waals surface area contributed by atoms with E-state index in [4.69, 9.17) is 0 Å². The lowest BCUT2D eigenvalue weighted by molar-refractivity contribution is 0.102. The van der Waals surface area contributed by atoms with Crippen molar-refractivity contribution in [1.82, 2.24) is 14.3 Å². The van der Waals surface area contributed by atoms with Gasteiger partial charge in [0, 0.05) is 16.0 Å². The number of halogens is 2. The number of aromatic nitrogens is 3. The number of benzene rings is 2. The summed E-state index contributed by atoms with van der Waals surface area (Å²) in [6, 6.07) is 17.5. The molecule has 0 aliphatic rings. The third-order valence-corrected chi connectivity index (χ3v) is 4.98. The molecule has 7 heteroatoms. The summed E-state index contributed by atoms with van der Waals surface area (Å²) in [5, 5.41) is 7.18. The van der Waals surface area contributed by atoms with Gasteiger partial charge in [-0.2, -0.15) is 5.10 Å². The van der Waals surface area contributed by atoms with Crippen molar-refractivity contribution in [1.29, 1.82) is 0 Å². The Morgan fingerprint density at radius 3 is 2.44 bits per heavy atom. The van der Waals surface area contributed by atoms with Crippen LogP contribution in [0.4, 0.5) is 10.1 Å². The minimum Gasteiger partial charge on any atom is -0.321 e. The molecule has 5 nitrogen and oxygen atoms in total. The number of anilines is 1. The van der Waals surface area contributed by atoms with Crippen LogP contribution in [0, 0.1) is 9.39 Å². The van der Waals surface area contributed by atoms with Gasteiger partial charge in [0.2, 0.25) is 0 Å². The van der Waals surface area contributed by atoms with Crippen LogP contribution in [0.5, 0.6) is 0 Å². The number of hydrogen-bond donors (Lipinski definition) is 1. The minimum absolute atomic E-state index is 0.273. The quantitative estimate of drug-likeness (QED) is 0.440. The highest BCUT2D eigenvalue weighted by Crippen LogP contribution is 2.24. The first-order valence-corrected chi connectivity index (χ1v) is 9.25. The fourth-order valence-corrected chi connectivity index (χ4v) is 3.30. The van der Waals surface area contributed by atoms with Crippen LogP contribution in [0.1, 0.15) is 10.4 Å². The van der Waals surface area contributed by atoms with Crippen LogP contribution >= 0.6 is 22.6 Å². The second kappa shape index (κ2) is 7.36. The molecule has 27 heavy (non-hydrogen) atoms. The third-order valence-electron chi connectivity index (χ3n) is 4.04. The van der Waals surface area contributed by atoms with E-state index in [0.29, 0.717) is 17.1 Å². The molecule has 2 aromatic heterocycles.